The number of likely N-dealkylation sites (tertiary alicyclic amines) is 1. The van der Waals surface area contributed by atoms with Gasteiger partial charge < -0.3 is 10.6 Å². The number of rotatable bonds is 2. The van der Waals surface area contributed by atoms with Gasteiger partial charge in [-0.3, -0.25) is 19.3 Å². The molecule has 176 valence electrons. The number of carbonyl (C=O) groups excluding carboxylic acids is 3. The summed E-state index contributed by atoms with van der Waals surface area (Å²) in [5, 5.41) is 6.02. The van der Waals surface area contributed by atoms with Crippen LogP contribution in [0.2, 0.25) is 0 Å². The molecule has 1 fully saturated rings. The van der Waals surface area contributed by atoms with E-state index in [4.69, 9.17) is 0 Å². The highest BCUT2D eigenvalue weighted by atomic mass is 79.9. The smallest absolute Gasteiger partial charge is 0.251 e. The lowest BCUT2D eigenvalue weighted by molar-refractivity contribution is -0.136. The van der Waals surface area contributed by atoms with E-state index in [1.165, 1.54) is 0 Å². The molecule has 3 aromatic rings. The van der Waals surface area contributed by atoms with Crippen molar-refractivity contribution in [3.63, 3.8) is 0 Å². The summed E-state index contributed by atoms with van der Waals surface area (Å²) in [7, 11) is 1.81. The van der Waals surface area contributed by atoms with Crippen LogP contribution in [0.4, 0.5) is 11.4 Å². The van der Waals surface area contributed by atoms with Gasteiger partial charge in [0.15, 0.2) is 5.78 Å². The van der Waals surface area contributed by atoms with Crippen molar-refractivity contribution in [3.8, 4) is 0 Å². The summed E-state index contributed by atoms with van der Waals surface area (Å²) in [4.78, 5) is 44.3. The highest BCUT2D eigenvalue weighted by Gasteiger charge is 2.77. The zero-order valence-corrected chi connectivity index (χ0v) is 23.1. The van der Waals surface area contributed by atoms with Gasteiger partial charge in [-0.15, -0.1) is 0 Å². The largest absolute Gasteiger partial charge is 0.325 e. The summed E-state index contributed by atoms with van der Waals surface area (Å²) in [6.45, 7) is 0.230. The third-order valence-corrected chi connectivity index (χ3v) is 9.15. The number of nitrogens with one attached hydrogen (secondary N) is 2. The summed E-state index contributed by atoms with van der Waals surface area (Å²) >= 11 is 10.6. The summed E-state index contributed by atoms with van der Waals surface area (Å²) in [6, 6.07) is 18.2. The van der Waals surface area contributed by atoms with Gasteiger partial charge in [0.1, 0.15) is 11.0 Å². The number of hydrogen-bond donors (Lipinski definition) is 2. The van der Waals surface area contributed by atoms with E-state index in [2.05, 4.69) is 58.4 Å². The molecule has 0 aliphatic carbocycles. The Kier molecular flexibility index (Phi) is 5.17. The van der Waals surface area contributed by atoms with Crippen molar-refractivity contribution < 1.29 is 14.4 Å². The minimum absolute atomic E-state index is 0.177. The molecule has 9 heteroatoms. The maximum atomic E-state index is 14.2. The number of para-hydroxylation sites is 1. The minimum Gasteiger partial charge on any atom is -0.325 e. The first-order valence-corrected chi connectivity index (χ1v) is 13.3. The van der Waals surface area contributed by atoms with Crippen LogP contribution in [0.25, 0.3) is 0 Å². The normalized spacial score (nSPS) is 26.7. The lowest BCUT2D eigenvalue weighted by Crippen LogP contribution is -2.61. The van der Waals surface area contributed by atoms with Gasteiger partial charge in [-0.25, -0.2) is 0 Å². The first kappa shape index (κ1) is 23.1. The fourth-order valence-corrected chi connectivity index (χ4v) is 7.85. The molecule has 6 rings (SSSR count). The molecule has 0 bridgehead atoms. The van der Waals surface area contributed by atoms with Gasteiger partial charge in [0.2, 0.25) is 5.91 Å². The Hall–Kier alpha value is -2.33. The van der Waals surface area contributed by atoms with E-state index in [1.54, 1.807) is 12.1 Å². The molecule has 0 aromatic heterocycles. The number of Topliss-reactive ketones (excluding diaryl/α,β-unsaturated/α-hetero) is 1. The van der Waals surface area contributed by atoms with Crippen LogP contribution in [-0.2, 0) is 20.5 Å². The van der Waals surface area contributed by atoms with Gasteiger partial charge in [0.25, 0.3) is 5.91 Å². The highest BCUT2D eigenvalue weighted by Crippen LogP contribution is 2.64. The number of halogens is 3. The molecule has 3 heterocycles. The number of benzene rings is 3. The van der Waals surface area contributed by atoms with E-state index in [9.17, 15) is 14.4 Å². The van der Waals surface area contributed by atoms with Crippen molar-refractivity contribution in [1.29, 1.82) is 0 Å². The number of nitrogens with zero attached hydrogens (tertiary/aromatic N) is 1. The molecule has 3 aliphatic rings. The van der Waals surface area contributed by atoms with E-state index in [1.807, 2.05) is 60.5 Å². The number of carbonyl (C=O) groups is 3. The van der Waals surface area contributed by atoms with Gasteiger partial charge in [-0.2, -0.15) is 0 Å². The van der Waals surface area contributed by atoms with Crippen molar-refractivity contribution in [2.45, 2.75) is 11.0 Å². The average molecular weight is 660 g/mol. The average Bonchev–Trinajstić information content (AvgIpc) is 3.40. The Labute approximate surface area is 226 Å². The van der Waals surface area contributed by atoms with Gasteiger partial charge >= 0.3 is 0 Å². The van der Waals surface area contributed by atoms with Gasteiger partial charge in [0, 0.05) is 36.8 Å². The Morgan fingerprint density at radius 1 is 0.914 bits per heavy atom. The van der Waals surface area contributed by atoms with Crippen LogP contribution in [0.15, 0.2) is 74.1 Å². The third kappa shape index (κ3) is 2.81. The Bertz CT molecular complexity index is 1460. The topological polar surface area (TPSA) is 78.5 Å². The molecule has 1 saturated heterocycles. The molecule has 3 aromatic carbocycles. The third-order valence-electron chi connectivity index (χ3n) is 7.54. The van der Waals surface area contributed by atoms with Crippen LogP contribution >= 0.6 is 47.8 Å². The molecule has 3 unspecified atom stereocenters. The molecule has 35 heavy (non-hydrogen) atoms. The van der Waals surface area contributed by atoms with Crippen molar-refractivity contribution in [2.75, 3.05) is 24.2 Å². The molecule has 6 nitrogen and oxygen atoms in total. The first-order chi connectivity index (χ1) is 16.7. The van der Waals surface area contributed by atoms with Crippen LogP contribution in [0.5, 0.6) is 0 Å². The second-order valence-electron chi connectivity index (χ2n) is 9.09. The van der Waals surface area contributed by atoms with Crippen molar-refractivity contribution in [2.24, 2.45) is 5.92 Å². The Morgan fingerprint density at radius 2 is 1.63 bits per heavy atom. The molecule has 2 N–H and O–H groups in total. The summed E-state index contributed by atoms with van der Waals surface area (Å²) in [5.41, 5.74) is 0.135. The zero-order chi connectivity index (χ0) is 24.7. The second-order valence-corrected chi connectivity index (χ2v) is 11.8. The molecular weight excluding hydrogens is 642 g/mol. The molecule has 0 saturated carbocycles. The maximum Gasteiger partial charge on any atom is 0.251 e. The predicted molar refractivity (Wildman–Crippen MR) is 143 cm³/mol. The van der Waals surface area contributed by atoms with Crippen LogP contribution < -0.4 is 10.6 Å². The van der Waals surface area contributed by atoms with E-state index < -0.39 is 16.9 Å². The number of amides is 2. The van der Waals surface area contributed by atoms with E-state index in [-0.39, 0.29) is 24.1 Å². The summed E-state index contributed by atoms with van der Waals surface area (Å²) < 4.78 is 2.31. The minimum atomic E-state index is -1.47. The monoisotopic (exact) mass is 657 g/mol. The number of anilines is 2. The Balaban J connectivity index is 1.70. The van der Waals surface area contributed by atoms with E-state index in [0.717, 1.165) is 8.95 Å². The van der Waals surface area contributed by atoms with Crippen LogP contribution in [0.3, 0.4) is 0 Å². The van der Waals surface area contributed by atoms with E-state index >= 15 is 0 Å². The van der Waals surface area contributed by atoms with E-state index in [0.29, 0.717) is 32.5 Å². The maximum absolute atomic E-state index is 14.2. The molecular formula is C26H18Br3N3O3. The van der Waals surface area contributed by atoms with Gasteiger partial charge in [-0.1, -0.05) is 62.2 Å². The number of hydrogen-bond acceptors (Lipinski definition) is 4. The van der Waals surface area contributed by atoms with Crippen molar-refractivity contribution in [1.82, 2.24) is 4.90 Å². The second kappa shape index (κ2) is 7.83. The van der Waals surface area contributed by atoms with Crippen molar-refractivity contribution >= 4 is 76.8 Å². The number of likely N-dealkylation sites (N-methyl/N-ethyl adjacent to an activating group) is 1. The quantitative estimate of drug-likeness (QED) is 0.359. The summed E-state index contributed by atoms with van der Waals surface area (Å²) in [6.07, 6.45) is 0. The molecule has 3 atom stereocenters. The van der Waals surface area contributed by atoms with Gasteiger partial charge in [0.05, 0.1) is 11.6 Å². The fraction of sp³-hybridized carbons (Fsp3) is 0.192. The first-order valence-electron chi connectivity index (χ1n) is 11.0. The number of ketones is 1. The SMILES string of the molecule is CN1CC(C(=O)c2ccc(Br)cc2)C2(C(=O)Nc3ccccc32)C12C(=O)Nc1c(Br)cc(Br)cc12. The predicted octanol–water partition coefficient (Wildman–Crippen LogP) is 5.46. The standard InChI is InChI=1S/C26H18Br3N3O3/c1-32-12-18(22(33)13-6-8-14(27)9-7-13)25(16-4-2-3-5-20(16)30-23(25)34)26(32)17-10-15(28)11-19(29)21(17)31-24(26)35/h2-11,18H,12H2,1H3,(H,30,34)(H,31,35). The van der Waals surface area contributed by atoms with Crippen LogP contribution in [0, 0.1) is 5.92 Å². The van der Waals surface area contributed by atoms with Crippen molar-refractivity contribution in [3.05, 3.63) is 90.8 Å². The number of fused-ring (bicyclic) bond motifs is 5. The fourth-order valence-electron chi connectivity index (χ4n) is 6.26. The summed E-state index contributed by atoms with van der Waals surface area (Å²) in [5.74, 6) is -1.65. The Morgan fingerprint density at radius 3 is 2.37 bits per heavy atom. The molecule has 2 amide bonds. The highest BCUT2D eigenvalue weighted by molar-refractivity contribution is 9.11. The van der Waals surface area contributed by atoms with Gasteiger partial charge in [-0.05, 0) is 58.9 Å². The lowest BCUT2D eigenvalue weighted by Gasteiger charge is -2.42. The molecule has 2 spiro atoms. The van der Waals surface area contributed by atoms with Crippen LogP contribution in [0.1, 0.15) is 21.5 Å². The van der Waals surface area contributed by atoms with Crippen LogP contribution in [-0.4, -0.2) is 36.1 Å². The molecule has 0 radical (unpaired) electrons. The zero-order valence-electron chi connectivity index (χ0n) is 18.4. The molecule has 3 aliphatic heterocycles. The lowest BCUT2D eigenvalue weighted by atomic mass is 9.58.